The van der Waals surface area contributed by atoms with E-state index >= 15 is 0 Å². The zero-order chi connectivity index (χ0) is 29.9. The fraction of sp³-hybridized carbons (Fsp3) is 0.256. The molecule has 5 heteroatoms. The van der Waals surface area contributed by atoms with Gasteiger partial charge in [0.15, 0.2) is 5.75 Å². The van der Waals surface area contributed by atoms with Gasteiger partial charge < -0.3 is 9.84 Å². The number of aromatic nitrogens is 1. The predicted molar refractivity (Wildman–Crippen MR) is 169 cm³/mol. The summed E-state index contributed by atoms with van der Waals surface area (Å²) in [6.07, 6.45) is 8.29. The lowest BCUT2D eigenvalue weighted by Crippen LogP contribution is -2.61. The van der Waals surface area contributed by atoms with Crippen LogP contribution in [0.5, 0.6) is 5.75 Å². The van der Waals surface area contributed by atoms with Crippen LogP contribution in [0.4, 0.5) is 0 Å². The zero-order valence-corrected chi connectivity index (χ0v) is 24.4. The molecule has 9 rings (SSSR count). The molecule has 5 nitrogen and oxygen atoms in total. The largest absolute Gasteiger partial charge is 0.478 e. The summed E-state index contributed by atoms with van der Waals surface area (Å²) >= 11 is 0. The first kappa shape index (κ1) is 26.8. The van der Waals surface area contributed by atoms with Crippen molar-refractivity contribution in [2.24, 2.45) is 5.92 Å². The highest BCUT2D eigenvalue weighted by atomic mass is 16.5. The van der Waals surface area contributed by atoms with Gasteiger partial charge in [-0.25, -0.2) is 9.59 Å². The van der Waals surface area contributed by atoms with Crippen LogP contribution in [-0.2, 0) is 16.2 Å². The number of carboxylic acid groups (broad SMARTS) is 1. The lowest BCUT2D eigenvalue weighted by molar-refractivity contribution is -0.0493. The molecule has 1 N–H and O–H groups in total. The number of hydrogen-bond donors (Lipinski definition) is 1. The number of esters is 1. The third-order valence-electron chi connectivity index (χ3n) is 10.7. The van der Waals surface area contributed by atoms with E-state index in [0.717, 1.165) is 37.5 Å². The molecule has 0 spiro atoms. The number of carbonyl (C=O) groups excluding carboxylic acids is 1. The Balaban J connectivity index is 1.15. The molecule has 0 aliphatic heterocycles. The average Bonchev–Trinajstić information content (AvgIpc) is 3.05. The Bertz CT molecular complexity index is 1900. The maximum Gasteiger partial charge on any atom is 0.343 e. The number of pyridine rings is 1. The van der Waals surface area contributed by atoms with Gasteiger partial charge in [0.25, 0.3) is 0 Å². The Morgan fingerprint density at radius 1 is 0.636 bits per heavy atom. The van der Waals surface area contributed by atoms with Crippen LogP contribution >= 0.6 is 0 Å². The van der Waals surface area contributed by atoms with Gasteiger partial charge in [-0.2, -0.15) is 0 Å². The highest BCUT2D eigenvalue weighted by molar-refractivity contribution is 5.94. The van der Waals surface area contributed by atoms with Crippen molar-refractivity contribution in [2.45, 2.75) is 54.8 Å². The number of nitrogens with zero attached hydrogens (tertiary/aromatic N) is 1. The summed E-state index contributed by atoms with van der Waals surface area (Å²) in [6.45, 7) is 0. The molecule has 0 amide bonds. The number of carboxylic acids is 1. The summed E-state index contributed by atoms with van der Waals surface area (Å²) in [5.74, 6) is -0.265. The van der Waals surface area contributed by atoms with Gasteiger partial charge in [0.2, 0.25) is 0 Å². The molecule has 4 aromatic carbocycles. The van der Waals surface area contributed by atoms with Crippen molar-refractivity contribution in [2.75, 3.05) is 0 Å². The Morgan fingerprint density at radius 3 is 1.77 bits per heavy atom. The van der Waals surface area contributed by atoms with E-state index in [1.807, 2.05) is 36.4 Å². The minimum Gasteiger partial charge on any atom is -0.478 e. The smallest absolute Gasteiger partial charge is 0.343 e. The van der Waals surface area contributed by atoms with Crippen molar-refractivity contribution in [3.63, 3.8) is 0 Å². The van der Waals surface area contributed by atoms with Crippen LogP contribution < -0.4 is 4.74 Å². The molecular weight excluding hydrogens is 546 g/mol. The Morgan fingerprint density at radius 2 is 1.18 bits per heavy atom. The first-order valence-corrected chi connectivity index (χ1v) is 15.4. The van der Waals surface area contributed by atoms with E-state index in [1.165, 1.54) is 23.1 Å². The maximum atomic E-state index is 13.3. The second-order valence-corrected chi connectivity index (χ2v) is 13.4. The number of ether oxygens (including phenoxy) is 1. The Kier molecular flexibility index (Phi) is 6.02. The molecule has 44 heavy (non-hydrogen) atoms. The number of carbonyl (C=O) groups is 2. The van der Waals surface area contributed by atoms with Crippen LogP contribution in [-0.4, -0.2) is 22.0 Å². The third-order valence-corrected chi connectivity index (χ3v) is 10.7. The number of fused-ring (bicyclic) bond motifs is 1. The van der Waals surface area contributed by atoms with E-state index in [-0.39, 0.29) is 16.2 Å². The highest BCUT2D eigenvalue weighted by Gasteiger charge is 2.64. The van der Waals surface area contributed by atoms with Crippen molar-refractivity contribution in [3.05, 3.63) is 143 Å². The van der Waals surface area contributed by atoms with E-state index in [9.17, 15) is 14.7 Å². The van der Waals surface area contributed by atoms with Gasteiger partial charge >= 0.3 is 11.9 Å². The van der Waals surface area contributed by atoms with Crippen molar-refractivity contribution in [3.8, 4) is 5.75 Å². The van der Waals surface area contributed by atoms with E-state index < -0.39 is 11.9 Å². The van der Waals surface area contributed by atoms with Crippen molar-refractivity contribution in [1.29, 1.82) is 0 Å². The molecule has 4 bridgehead atoms. The van der Waals surface area contributed by atoms with Gasteiger partial charge in [0.05, 0.1) is 11.1 Å². The Labute approximate surface area is 256 Å². The maximum absolute atomic E-state index is 13.3. The normalized spacial score (nSPS) is 26.9. The van der Waals surface area contributed by atoms with E-state index in [0.29, 0.717) is 28.3 Å². The molecule has 1 aromatic heterocycles. The number of rotatable bonds is 6. The Hall–Kier alpha value is -4.77. The molecule has 4 fully saturated rings. The molecule has 1 heterocycles. The van der Waals surface area contributed by atoms with Gasteiger partial charge in [-0.3, -0.25) is 4.98 Å². The highest BCUT2D eigenvalue weighted by Crippen LogP contribution is 2.70. The van der Waals surface area contributed by atoms with Gasteiger partial charge in [-0.1, -0.05) is 72.8 Å². The van der Waals surface area contributed by atoms with E-state index in [2.05, 4.69) is 59.6 Å². The molecule has 4 saturated carbocycles. The number of hydrogen-bond acceptors (Lipinski definition) is 4. The van der Waals surface area contributed by atoms with Crippen LogP contribution in [0, 0.1) is 5.92 Å². The first-order valence-electron chi connectivity index (χ1n) is 15.4. The molecule has 4 aliphatic rings. The third kappa shape index (κ3) is 4.25. The van der Waals surface area contributed by atoms with Crippen LogP contribution in [0.2, 0.25) is 0 Å². The predicted octanol–water partition coefficient (Wildman–Crippen LogP) is 8.26. The number of para-hydroxylation sites is 1. The van der Waals surface area contributed by atoms with Crippen molar-refractivity contribution in [1.82, 2.24) is 4.98 Å². The molecule has 0 saturated heterocycles. The molecule has 0 radical (unpaired) electrons. The van der Waals surface area contributed by atoms with Crippen LogP contribution in [0.3, 0.4) is 0 Å². The van der Waals surface area contributed by atoms with Crippen LogP contribution in [0.25, 0.3) is 10.9 Å². The minimum absolute atomic E-state index is 0.0364. The molecular formula is C39H33NO4. The quantitative estimate of drug-likeness (QED) is 0.162. The fourth-order valence-electron chi connectivity index (χ4n) is 9.44. The van der Waals surface area contributed by atoms with Gasteiger partial charge in [0.1, 0.15) is 5.52 Å². The second kappa shape index (κ2) is 9.88. The number of aromatic carboxylic acids is 1. The minimum atomic E-state index is -0.894. The van der Waals surface area contributed by atoms with E-state index in [4.69, 9.17) is 4.74 Å². The van der Waals surface area contributed by atoms with Gasteiger partial charge in [-0.15, -0.1) is 0 Å². The lowest BCUT2D eigenvalue weighted by atomic mass is 9.36. The van der Waals surface area contributed by atoms with Crippen LogP contribution in [0.1, 0.15) is 75.9 Å². The second-order valence-electron chi connectivity index (χ2n) is 13.4. The summed E-state index contributed by atoms with van der Waals surface area (Å²) in [5, 5.41) is 10.5. The van der Waals surface area contributed by atoms with Gasteiger partial charge in [0, 0.05) is 11.6 Å². The summed E-state index contributed by atoms with van der Waals surface area (Å²) in [6, 6.07) is 36.2. The monoisotopic (exact) mass is 579 g/mol. The lowest BCUT2D eigenvalue weighted by Gasteiger charge is -2.67. The summed E-state index contributed by atoms with van der Waals surface area (Å²) < 4.78 is 5.83. The fourth-order valence-corrected chi connectivity index (χ4v) is 9.44. The van der Waals surface area contributed by atoms with Gasteiger partial charge in [-0.05, 0) is 114 Å². The standard InChI is InChI=1S/C39H33NO4/c41-35(42)28-11-15-31(16-12-28)38-21-26-20-37(23-38,30-8-2-1-3-9-30)24-39(22-26,25-38)32-17-13-29(14-18-32)36(43)44-33-10-4-6-27-7-5-19-40-34(27)33/h1-19,26H,20-25H2,(H,41,42). The molecule has 4 atom stereocenters. The first-order chi connectivity index (χ1) is 21.4. The summed E-state index contributed by atoms with van der Waals surface area (Å²) in [4.78, 5) is 29.3. The summed E-state index contributed by atoms with van der Waals surface area (Å²) in [5.41, 5.74) is 5.41. The zero-order valence-electron chi connectivity index (χ0n) is 24.4. The SMILES string of the molecule is O=C(O)c1ccc(C23CC4CC(c5ccccc5)(C2)CC(c2ccc(C(=O)Oc5cccc6cccnc56)cc2)(C4)C3)cc1. The van der Waals surface area contributed by atoms with Crippen LogP contribution in [0.15, 0.2) is 115 Å². The molecule has 4 unspecified atom stereocenters. The summed E-state index contributed by atoms with van der Waals surface area (Å²) in [7, 11) is 0. The van der Waals surface area contributed by atoms with Crippen molar-refractivity contribution < 1.29 is 19.4 Å². The van der Waals surface area contributed by atoms with E-state index in [1.54, 1.807) is 24.4 Å². The topological polar surface area (TPSA) is 76.5 Å². The molecule has 4 aliphatic carbocycles. The van der Waals surface area contributed by atoms with Crippen molar-refractivity contribution >= 4 is 22.8 Å². The molecule has 5 aromatic rings. The number of benzene rings is 4. The average molecular weight is 580 g/mol. The molecule has 218 valence electrons.